The second-order valence-corrected chi connectivity index (χ2v) is 16.0. The van der Waals surface area contributed by atoms with Gasteiger partial charge in [-0.3, -0.25) is 9.78 Å². The van der Waals surface area contributed by atoms with E-state index in [1.165, 1.54) is 32.9 Å². The van der Waals surface area contributed by atoms with Crippen molar-refractivity contribution in [3.63, 3.8) is 0 Å². The van der Waals surface area contributed by atoms with Crippen molar-refractivity contribution < 1.29 is 38.8 Å². The van der Waals surface area contributed by atoms with Crippen molar-refractivity contribution in [2.75, 3.05) is 0 Å². The Balaban J connectivity index is 0.000000323. The number of thiophene rings is 1. The van der Waals surface area contributed by atoms with E-state index in [1.807, 2.05) is 46.0 Å². The quantitative estimate of drug-likeness (QED) is 0.0911. The zero-order chi connectivity index (χ0) is 37.1. The molecule has 0 atom stereocenters. The van der Waals surface area contributed by atoms with Crippen molar-refractivity contribution in [2.45, 2.75) is 112 Å². The number of ketones is 1. The van der Waals surface area contributed by atoms with Gasteiger partial charge in [-0.1, -0.05) is 95.8 Å². The SMILES string of the molecule is CCC(CC)C(=O)/C=C(\O)C(CC)CC.Cc1c(-c2ccc3c(c2)CCC(F)(F)C3)sc2c(-c3[c-]c4ccccc4c(C(C)(C)C)c3)nccc12.[Ir]. The summed E-state index contributed by atoms with van der Waals surface area (Å²) in [5.74, 6) is -2.05. The van der Waals surface area contributed by atoms with Gasteiger partial charge in [-0.05, 0) is 78.1 Å². The van der Waals surface area contributed by atoms with Gasteiger partial charge in [-0.2, -0.15) is 0 Å². The van der Waals surface area contributed by atoms with Gasteiger partial charge in [0.2, 0.25) is 0 Å². The van der Waals surface area contributed by atoms with Crippen LogP contribution in [0.15, 0.2) is 72.6 Å². The number of hydrogen-bond acceptors (Lipinski definition) is 4. The maximum atomic E-state index is 13.9. The van der Waals surface area contributed by atoms with Crippen LogP contribution in [0.3, 0.4) is 0 Å². The Morgan fingerprint density at radius 3 is 2.29 bits per heavy atom. The zero-order valence-electron chi connectivity index (χ0n) is 31.8. The van der Waals surface area contributed by atoms with Gasteiger partial charge in [0.05, 0.1) is 5.76 Å². The summed E-state index contributed by atoms with van der Waals surface area (Å²) in [5.41, 5.74) is 7.34. The minimum atomic E-state index is -2.59. The fourth-order valence-corrected chi connectivity index (χ4v) is 8.53. The van der Waals surface area contributed by atoms with Crippen molar-refractivity contribution in [3.8, 4) is 21.7 Å². The summed E-state index contributed by atoms with van der Waals surface area (Å²) in [4.78, 5) is 17.7. The molecule has 1 aliphatic rings. The van der Waals surface area contributed by atoms with Crippen LogP contribution >= 0.6 is 11.3 Å². The van der Waals surface area contributed by atoms with Crippen molar-refractivity contribution in [3.05, 3.63) is 101 Å². The molecule has 52 heavy (non-hydrogen) atoms. The minimum absolute atomic E-state index is 0. The maximum Gasteiger partial charge on any atom is 0.252 e. The molecule has 3 aromatic carbocycles. The first kappa shape index (κ1) is 41.5. The summed E-state index contributed by atoms with van der Waals surface area (Å²) < 4.78 is 29.0. The number of aromatic nitrogens is 1. The summed E-state index contributed by atoms with van der Waals surface area (Å²) in [5, 5.41) is 13.3. The number of allylic oxidation sites excluding steroid dienone is 2. The van der Waals surface area contributed by atoms with E-state index in [-0.39, 0.29) is 61.7 Å². The molecule has 0 saturated heterocycles. The molecule has 0 amide bonds. The fraction of sp³-hybridized carbons (Fsp3) is 0.422. The second kappa shape index (κ2) is 17.3. The predicted octanol–water partition coefficient (Wildman–Crippen LogP) is 13.2. The predicted molar refractivity (Wildman–Crippen MR) is 211 cm³/mol. The molecule has 0 spiro atoms. The van der Waals surface area contributed by atoms with Crippen LogP contribution in [0.25, 0.3) is 42.6 Å². The molecule has 5 aromatic rings. The first-order valence-corrected chi connectivity index (χ1v) is 19.3. The molecular formula is C45H52F2IrNO2S-. The third-order valence-corrected chi connectivity index (χ3v) is 11.8. The molecule has 6 rings (SSSR count). The molecule has 0 unspecified atom stereocenters. The average Bonchev–Trinajstić information content (AvgIpc) is 3.44. The Morgan fingerprint density at radius 2 is 1.63 bits per heavy atom. The molecule has 279 valence electrons. The molecule has 2 aromatic heterocycles. The number of carbonyl (C=O) groups is 1. The van der Waals surface area contributed by atoms with E-state index in [2.05, 4.69) is 76.2 Å². The summed E-state index contributed by atoms with van der Waals surface area (Å²) >= 11 is 1.74. The molecule has 1 aliphatic carbocycles. The third-order valence-electron chi connectivity index (χ3n) is 10.5. The fourth-order valence-electron chi connectivity index (χ4n) is 7.23. The van der Waals surface area contributed by atoms with Gasteiger partial charge in [0.1, 0.15) is 0 Å². The number of hydrogen-bond donors (Lipinski definition) is 1. The molecule has 0 aliphatic heterocycles. The number of alkyl halides is 2. The van der Waals surface area contributed by atoms with Gasteiger partial charge < -0.3 is 5.11 Å². The Morgan fingerprint density at radius 1 is 0.962 bits per heavy atom. The first-order valence-electron chi connectivity index (χ1n) is 18.5. The second-order valence-electron chi connectivity index (χ2n) is 15.0. The number of aryl methyl sites for hydroxylation is 2. The monoisotopic (exact) mass is 901 g/mol. The van der Waals surface area contributed by atoms with Gasteiger partial charge in [0.25, 0.3) is 5.92 Å². The van der Waals surface area contributed by atoms with E-state index < -0.39 is 5.92 Å². The standard InChI is InChI=1S/C32H28F2NS.C13H24O2.Ir/c1-19-25-12-14-35-28(24-16-21-7-5-6-8-26(21)27(17-24)31(2,3)4)30(25)36-29(19)22-9-10-23-18-32(33,34)13-11-20(23)15-22;1-5-10(6-2)12(14)9-13(15)11(7-3)8-4;/h5-10,12,14-15,17H,11,13,18H2,1-4H3;9-11,14H,5-8H2,1-4H3;/q-1;;/b;12-9-;. The molecule has 7 heteroatoms. The normalized spacial score (nSPS) is 14.3. The first-order chi connectivity index (χ1) is 24.2. The third kappa shape index (κ3) is 9.09. The number of carbonyl (C=O) groups excluding carboxylic acids is 1. The van der Waals surface area contributed by atoms with Gasteiger partial charge in [-0.25, -0.2) is 8.78 Å². The van der Waals surface area contributed by atoms with Crippen LogP contribution < -0.4 is 0 Å². The Kier molecular flexibility index (Phi) is 13.8. The van der Waals surface area contributed by atoms with Crippen LogP contribution in [-0.2, 0) is 43.2 Å². The Bertz CT molecular complexity index is 2050. The Labute approximate surface area is 326 Å². The molecule has 1 N–H and O–H groups in total. The van der Waals surface area contributed by atoms with Crippen LogP contribution in [0.1, 0.15) is 103 Å². The van der Waals surface area contributed by atoms with Crippen molar-refractivity contribution in [2.24, 2.45) is 11.8 Å². The number of aliphatic hydroxyl groups is 1. The van der Waals surface area contributed by atoms with Crippen LogP contribution in [0.2, 0.25) is 0 Å². The number of pyridine rings is 1. The van der Waals surface area contributed by atoms with E-state index in [4.69, 9.17) is 4.98 Å². The molecule has 2 heterocycles. The van der Waals surface area contributed by atoms with Gasteiger partial charge in [-0.15, -0.1) is 40.5 Å². The summed E-state index contributed by atoms with van der Waals surface area (Å²) in [6.07, 6.45) is 6.99. The maximum absolute atomic E-state index is 13.9. The van der Waals surface area contributed by atoms with Crippen molar-refractivity contribution >= 4 is 38.0 Å². The van der Waals surface area contributed by atoms with Crippen molar-refractivity contribution in [1.82, 2.24) is 4.98 Å². The smallest absolute Gasteiger partial charge is 0.252 e. The van der Waals surface area contributed by atoms with Gasteiger partial charge >= 0.3 is 0 Å². The molecule has 0 bridgehead atoms. The van der Waals surface area contributed by atoms with Crippen LogP contribution in [0, 0.1) is 24.8 Å². The molecule has 0 fully saturated rings. The number of benzene rings is 3. The van der Waals surface area contributed by atoms with Gasteiger partial charge in [0, 0.05) is 72.3 Å². The molecule has 3 nitrogen and oxygen atoms in total. The minimum Gasteiger partial charge on any atom is -0.512 e. The van der Waals surface area contributed by atoms with E-state index in [1.54, 1.807) is 11.3 Å². The van der Waals surface area contributed by atoms with Crippen molar-refractivity contribution in [1.29, 1.82) is 0 Å². The largest absolute Gasteiger partial charge is 0.512 e. The summed E-state index contributed by atoms with van der Waals surface area (Å²) in [6.45, 7) is 16.9. The number of nitrogens with zero attached hydrogens (tertiary/aromatic N) is 1. The number of fused-ring (bicyclic) bond motifs is 3. The summed E-state index contributed by atoms with van der Waals surface area (Å²) in [7, 11) is 0. The van der Waals surface area contributed by atoms with E-state index in [9.17, 15) is 18.7 Å². The average molecular weight is 901 g/mol. The molecule has 0 saturated carbocycles. The van der Waals surface area contributed by atoms with E-state index in [0.29, 0.717) is 6.42 Å². The van der Waals surface area contributed by atoms with Gasteiger partial charge in [0.15, 0.2) is 5.78 Å². The topological polar surface area (TPSA) is 50.2 Å². The zero-order valence-corrected chi connectivity index (χ0v) is 35.0. The van der Waals surface area contributed by atoms with Crippen LogP contribution in [0.4, 0.5) is 8.78 Å². The number of rotatable bonds is 9. The van der Waals surface area contributed by atoms with Crippen LogP contribution in [0.5, 0.6) is 0 Å². The van der Waals surface area contributed by atoms with Crippen LogP contribution in [-0.4, -0.2) is 21.8 Å². The number of aliphatic hydroxyl groups excluding tert-OH is 1. The van der Waals surface area contributed by atoms with E-state index >= 15 is 0 Å². The Hall–Kier alpha value is -3.25. The van der Waals surface area contributed by atoms with E-state index in [0.717, 1.165) is 63.7 Å². The number of halogens is 2. The molecule has 1 radical (unpaired) electrons. The summed E-state index contributed by atoms with van der Waals surface area (Å²) in [6, 6.07) is 22.4. The molecular weight excluding hydrogens is 849 g/mol.